The van der Waals surface area contributed by atoms with Gasteiger partial charge in [-0.2, -0.15) is 0 Å². The van der Waals surface area contributed by atoms with Crippen molar-refractivity contribution in [2.24, 2.45) is 0 Å². The first-order valence-corrected chi connectivity index (χ1v) is 37.7. The van der Waals surface area contributed by atoms with Crippen molar-refractivity contribution in [1.82, 2.24) is 0 Å². The Morgan fingerprint density at radius 3 is 0.934 bits per heavy atom. The van der Waals surface area contributed by atoms with Crippen LogP contribution in [0, 0.1) is 0 Å². The summed E-state index contributed by atoms with van der Waals surface area (Å²) in [4.78, 5) is 37.7. The molecule has 0 heterocycles. The van der Waals surface area contributed by atoms with Gasteiger partial charge in [-0.25, -0.2) is 4.79 Å². The molecule has 9 nitrogen and oxygen atoms in total. The lowest BCUT2D eigenvalue weighted by molar-refractivity contribution is -0.870. The zero-order valence-electron chi connectivity index (χ0n) is 59.7. The molecule has 0 aromatic rings. The maximum Gasteiger partial charge on any atom is 0.361 e. The lowest BCUT2D eigenvalue weighted by Crippen LogP contribution is -2.40. The number of carboxylic acids is 1. The van der Waals surface area contributed by atoms with E-state index >= 15 is 0 Å². The monoisotopic (exact) mass is 1270 g/mol. The van der Waals surface area contributed by atoms with Gasteiger partial charge in [0.2, 0.25) is 0 Å². The lowest BCUT2D eigenvalue weighted by atomic mass is 10.0. The van der Waals surface area contributed by atoms with E-state index < -0.39 is 24.3 Å². The quantitative estimate of drug-likeness (QED) is 0.0211. The van der Waals surface area contributed by atoms with Crippen LogP contribution in [0.2, 0.25) is 0 Å². The molecule has 0 aliphatic carbocycles. The second kappa shape index (κ2) is 71.5. The molecule has 1 N–H and O–H groups in total. The van der Waals surface area contributed by atoms with Crippen molar-refractivity contribution in [3.05, 3.63) is 122 Å². The Balaban J connectivity index is 4.09. The predicted molar refractivity (Wildman–Crippen MR) is 391 cm³/mol. The highest BCUT2D eigenvalue weighted by Gasteiger charge is 2.25. The number of unbranched alkanes of at least 4 members (excludes halogenated alkanes) is 34. The number of likely N-dealkylation sites (N-methyl/N-ethyl adjacent to an activating group) is 1. The molecule has 0 aliphatic heterocycles. The number of rotatable bonds is 69. The van der Waals surface area contributed by atoms with E-state index in [4.69, 9.17) is 18.9 Å². The fraction of sp³-hybridized carbons (Fsp3) is 0.720. The zero-order valence-corrected chi connectivity index (χ0v) is 59.7. The molecular weight excluding hydrogens is 1130 g/mol. The van der Waals surface area contributed by atoms with Crippen LogP contribution in [0.25, 0.3) is 0 Å². The number of hydrogen-bond donors (Lipinski definition) is 1. The van der Waals surface area contributed by atoms with E-state index in [2.05, 4.69) is 135 Å². The van der Waals surface area contributed by atoms with Crippen LogP contribution in [0.3, 0.4) is 0 Å². The average molecular weight is 1270 g/mol. The molecular formula is C82H142NO8+. The first-order chi connectivity index (χ1) is 44.6. The van der Waals surface area contributed by atoms with Gasteiger partial charge in [0, 0.05) is 12.8 Å². The van der Waals surface area contributed by atoms with Gasteiger partial charge < -0.3 is 28.5 Å². The van der Waals surface area contributed by atoms with Gasteiger partial charge in [0.1, 0.15) is 13.2 Å². The van der Waals surface area contributed by atoms with Crippen LogP contribution in [-0.2, 0) is 33.3 Å². The molecule has 0 rings (SSSR count). The normalized spacial score (nSPS) is 13.4. The highest BCUT2D eigenvalue weighted by molar-refractivity contribution is 5.71. The average Bonchev–Trinajstić information content (AvgIpc) is 3.66. The third-order valence-electron chi connectivity index (χ3n) is 16.2. The maximum atomic E-state index is 12.9. The van der Waals surface area contributed by atoms with Crippen molar-refractivity contribution in [3.8, 4) is 0 Å². The first-order valence-electron chi connectivity index (χ1n) is 37.7. The van der Waals surface area contributed by atoms with E-state index in [9.17, 15) is 19.5 Å². The number of carbonyl (C=O) groups excluding carboxylic acids is 2. The van der Waals surface area contributed by atoms with Gasteiger partial charge in [-0.05, 0) is 109 Å². The highest BCUT2D eigenvalue weighted by Crippen LogP contribution is 2.18. The summed E-state index contributed by atoms with van der Waals surface area (Å²) in [6, 6.07) is 0. The number of nitrogens with zero attached hydrogens (tertiary/aromatic N) is 1. The lowest BCUT2D eigenvalue weighted by Gasteiger charge is -2.25. The second-order valence-corrected chi connectivity index (χ2v) is 26.2. The van der Waals surface area contributed by atoms with Gasteiger partial charge in [-0.15, -0.1) is 0 Å². The van der Waals surface area contributed by atoms with E-state index in [1.807, 2.05) is 21.1 Å². The minimum absolute atomic E-state index is 0.178. The SMILES string of the molecule is CC/C=C\C/C=C\C/C=C\C/C=C\C/C=C\C/C=C\C/C=C\C/C=C\CCCCCCC(=O)OC(COC(=O)CCCCCCCCCCCCCCCCCCCCCCCCCCC/C=C\C/C=C\CCCCCCC)COC(OCC[N+](C)(C)C)C(=O)O. The number of ether oxygens (including phenoxy) is 4. The Hall–Kier alpha value is -4.31. The van der Waals surface area contributed by atoms with E-state index in [0.717, 1.165) is 103 Å². The van der Waals surface area contributed by atoms with Crippen LogP contribution in [0.5, 0.6) is 0 Å². The molecule has 0 spiro atoms. The number of quaternary nitrogens is 1. The second-order valence-electron chi connectivity index (χ2n) is 26.2. The predicted octanol–water partition coefficient (Wildman–Crippen LogP) is 23.9. The zero-order chi connectivity index (χ0) is 66.1. The van der Waals surface area contributed by atoms with Crippen molar-refractivity contribution in [2.45, 2.75) is 334 Å². The van der Waals surface area contributed by atoms with Crippen molar-refractivity contribution in [1.29, 1.82) is 0 Å². The number of carbonyl (C=O) groups is 3. The van der Waals surface area contributed by atoms with Gasteiger partial charge in [-0.3, -0.25) is 9.59 Å². The van der Waals surface area contributed by atoms with Crippen molar-refractivity contribution in [2.75, 3.05) is 47.5 Å². The Labute approximate surface area is 561 Å². The third kappa shape index (κ3) is 73.0. The van der Waals surface area contributed by atoms with Crippen LogP contribution < -0.4 is 0 Å². The van der Waals surface area contributed by atoms with Crippen molar-refractivity contribution < 1.29 is 42.9 Å². The Morgan fingerprint density at radius 2 is 0.626 bits per heavy atom. The molecule has 522 valence electrons. The summed E-state index contributed by atoms with van der Waals surface area (Å²) >= 11 is 0. The van der Waals surface area contributed by atoms with E-state index in [1.54, 1.807) is 0 Å². The number of allylic oxidation sites excluding steroid dienone is 20. The van der Waals surface area contributed by atoms with Gasteiger partial charge in [-0.1, -0.05) is 322 Å². The summed E-state index contributed by atoms with van der Waals surface area (Å²) in [6.07, 6.45) is 99.1. The molecule has 0 aromatic carbocycles. The number of hydrogen-bond acceptors (Lipinski definition) is 7. The molecule has 0 saturated carbocycles. The molecule has 2 unspecified atom stereocenters. The van der Waals surface area contributed by atoms with Crippen LogP contribution in [0.4, 0.5) is 0 Å². The minimum atomic E-state index is -1.53. The molecule has 0 aliphatic rings. The van der Waals surface area contributed by atoms with Crippen LogP contribution in [-0.4, -0.2) is 87.4 Å². The van der Waals surface area contributed by atoms with E-state index in [0.29, 0.717) is 23.9 Å². The number of esters is 2. The molecule has 0 bridgehead atoms. The fourth-order valence-corrected chi connectivity index (χ4v) is 10.5. The molecule has 91 heavy (non-hydrogen) atoms. The largest absolute Gasteiger partial charge is 0.477 e. The fourth-order valence-electron chi connectivity index (χ4n) is 10.5. The van der Waals surface area contributed by atoms with Gasteiger partial charge in [0.15, 0.2) is 6.10 Å². The van der Waals surface area contributed by atoms with Crippen molar-refractivity contribution >= 4 is 17.9 Å². The summed E-state index contributed by atoms with van der Waals surface area (Å²) in [5, 5.41) is 9.76. The molecule has 9 heteroatoms. The summed E-state index contributed by atoms with van der Waals surface area (Å²) in [5.41, 5.74) is 0. The standard InChI is InChI=1S/C82H141NO8/c1-6-8-10-12-14-16-18-20-22-24-26-28-30-32-34-36-37-38-39-40-41-42-43-45-46-48-50-52-54-56-58-60-62-64-66-68-70-72-79(84)89-76-78(77-90-82(81(86)87)88-75-74-83(3,4)5)91-80(85)73-71-69-67-65-63-61-59-57-55-53-51-49-47-44-35-33-31-29-27-25-23-21-19-17-15-13-11-9-7-2/h9,11,15,17-18,20-21,23-24,26-27,29,33,35,47,49,53,55,59,61,78,82H,6-8,10,12-14,16,19,22,25,28,30-32,34,36-46,48,50-52,54,56-58,60,62-77H2,1-5H3/p+1/b11-9-,17-15-,20-18-,23-21-,26-24-,29-27-,35-33-,49-47-,55-53-,61-59-. The van der Waals surface area contributed by atoms with Crippen molar-refractivity contribution in [3.63, 3.8) is 0 Å². The molecule has 0 saturated heterocycles. The Bertz CT molecular complexity index is 1910. The summed E-state index contributed by atoms with van der Waals surface area (Å²) < 4.78 is 23.0. The molecule has 0 fully saturated rings. The van der Waals surface area contributed by atoms with Crippen LogP contribution >= 0.6 is 0 Å². The van der Waals surface area contributed by atoms with Gasteiger partial charge in [0.25, 0.3) is 6.29 Å². The number of aliphatic carboxylic acids is 1. The maximum absolute atomic E-state index is 12.9. The Kier molecular flexibility index (Phi) is 68.1. The molecule has 0 amide bonds. The van der Waals surface area contributed by atoms with Gasteiger partial charge in [0.05, 0.1) is 34.4 Å². The molecule has 2 atom stereocenters. The Morgan fingerprint density at radius 1 is 0.341 bits per heavy atom. The van der Waals surface area contributed by atoms with E-state index in [-0.39, 0.29) is 32.2 Å². The topological polar surface area (TPSA) is 108 Å². The summed E-state index contributed by atoms with van der Waals surface area (Å²) in [7, 11) is 5.97. The van der Waals surface area contributed by atoms with Gasteiger partial charge >= 0.3 is 17.9 Å². The smallest absolute Gasteiger partial charge is 0.361 e. The summed E-state index contributed by atoms with van der Waals surface area (Å²) in [6.45, 7) is 4.74. The third-order valence-corrected chi connectivity index (χ3v) is 16.2. The first kappa shape index (κ1) is 86.7. The number of carboxylic acid groups (broad SMARTS) is 1. The highest BCUT2D eigenvalue weighted by atomic mass is 16.7. The molecule has 0 radical (unpaired) electrons. The van der Waals surface area contributed by atoms with Crippen LogP contribution in [0.1, 0.15) is 322 Å². The molecule has 0 aromatic heterocycles. The van der Waals surface area contributed by atoms with E-state index in [1.165, 1.54) is 186 Å². The van der Waals surface area contributed by atoms with Crippen LogP contribution in [0.15, 0.2) is 122 Å². The minimum Gasteiger partial charge on any atom is -0.477 e. The summed E-state index contributed by atoms with van der Waals surface area (Å²) in [5.74, 6) is -2.04.